The first-order chi connectivity index (χ1) is 9.19. The molecule has 3 rings (SSSR count). The van der Waals surface area contributed by atoms with E-state index in [0.717, 1.165) is 25.2 Å². The molecule has 1 aliphatic carbocycles. The lowest BCUT2D eigenvalue weighted by molar-refractivity contribution is -0.153. The Morgan fingerprint density at radius 2 is 2.05 bits per heavy atom. The molecule has 19 heavy (non-hydrogen) atoms. The lowest BCUT2D eigenvalue weighted by Crippen LogP contribution is -2.48. The SMILES string of the molecule is CC(C)c1ccccc1OC1CCOC2(CCC2)C1. The maximum atomic E-state index is 6.30. The van der Waals surface area contributed by atoms with Crippen LogP contribution >= 0.6 is 0 Å². The van der Waals surface area contributed by atoms with Crippen LogP contribution in [0.5, 0.6) is 5.75 Å². The zero-order chi connectivity index (χ0) is 13.3. The predicted octanol–water partition coefficient (Wildman–Crippen LogP) is 4.29. The number of hydrogen-bond donors (Lipinski definition) is 0. The van der Waals surface area contributed by atoms with E-state index in [4.69, 9.17) is 9.47 Å². The summed E-state index contributed by atoms with van der Waals surface area (Å²) >= 11 is 0. The topological polar surface area (TPSA) is 18.5 Å². The summed E-state index contributed by atoms with van der Waals surface area (Å²) < 4.78 is 12.3. The Balaban J connectivity index is 1.71. The van der Waals surface area contributed by atoms with Crippen molar-refractivity contribution in [3.8, 4) is 5.75 Å². The predicted molar refractivity (Wildman–Crippen MR) is 76.7 cm³/mol. The van der Waals surface area contributed by atoms with Crippen molar-refractivity contribution in [2.45, 2.75) is 63.6 Å². The first-order valence-corrected chi connectivity index (χ1v) is 7.58. The van der Waals surface area contributed by atoms with E-state index in [0.29, 0.717) is 12.0 Å². The summed E-state index contributed by atoms with van der Waals surface area (Å²) in [5.41, 5.74) is 1.48. The van der Waals surface area contributed by atoms with Gasteiger partial charge in [0.15, 0.2) is 0 Å². The minimum Gasteiger partial charge on any atom is -0.490 e. The molecule has 1 aromatic carbocycles. The van der Waals surface area contributed by atoms with Crippen molar-refractivity contribution in [2.24, 2.45) is 0 Å². The van der Waals surface area contributed by atoms with Gasteiger partial charge in [-0.25, -0.2) is 0 Å². The number of para-hydroxylation sites is 1. The van der Waals surface area contributed by atoms with Crippen molar-refractivity contribution >= 4 is 0 Å². The average molecular weight is 260 g/mol. The van der Waals surface area contributed by atoms with Crippen LogP contribution in [0.15, 0.2) is 24.3 Å². The molecule has 1 aliphatic heterocycles. The largest absolute Gasteiger partial charge is 0.490 e. The highest BCUT2D eigenvalue weighted by Gasteiger charge is 2.43. The standard InChI is InChI=1S/C17H24O2/c1-13(2)15-6-3-4-7-16(15)19-14-8-11-18-17(12-14)9-5-10-17/h3-4,6-7,13-14H,5,8-12H2,1-2H3. The van der Waals surface area contributed by atoms with Gasteiger partial charge in [0.1, 0.15) is 11.9 Å². The van der Waals surface area contributed by atoms with E-state index >= 15 is 0 Å². The molecule has 0 radical (unpaired) electrons. The summed E-state index contributed by atoms with van der Waals surface area (Å²) in [6.45, 7) is 5.30. The molecule has 2 aliphatic rings. The Kier molecular flexibility index (Phi) is 3.53. The van der Waals surface area contributed by atoms with Gasteiger partial charge in [-0.05, 0) is 36.8 Å². The third kappa shape index (κ3) is 2.64. The zero-order valence-electron chi connectivity index (χ0n) is 12.0. The smallest absolute Gasteiger partial charge is 0.123 e. The highest BCUT2D eigenvalue weighted by Crippen LogP contribution is 2.43. The second-order valence-corrected chi connectivity index (χ2v) is 6.31. The van der Waals surface area contributed by atoms with Gasteiger partial charge < -0.3 is 9.47 Å². The molecule has 2 heteroatoms. The molecule has 1 unspecified atom stereocenters. The monoisotopic (exact) mass is 260 g/mol. The van der Waals surface area contributed by atoms with Crippen molar-refractivity contribution in [2.75, 3.05) is 6.61 Å². The fourth-order valence-electron chi connectivity index (χ4n) is 3.25. The molecule has 1 spiro atoms. The van der Waals surface area contributed by atoms with Gasteiger partial charge in [-0.3, -0.25) is 0 Å². The number of ether oxygens (including phenoxy) is 2. The molecule has 0 aromatic heterocycles. The van der Waals surface area contributed by atoms with E-state index in [2.05, 4.69) is 38.1 Å². The molecule has 2 fully saturated rings. The maximum Gasteiger partial charge on any atom is 0.123 e. The summed E-state index contributed by atoms with van der Waals surface area (Å²) in [5, 5.41) is 0. The zero-order valence-corrected chi connectivity index (χ0v) is 12.0. The molecule has 1 aromatic rings. The van der Waals surface area contributed by atoms with Gasteiger partial charge in [-0.1, -0.05) is 32.0 Å². The molecule has 0 N–H and O–H groups in total. The van der Waals surface area contributed by atoms with Crippen LogP contribution in [0.4, 0.5) is 0 Å². The first-order valence-electron chi connectivity index (χ1n) is 7.58. The molecular weight excluding hydrogens is 236 g/mol. The number of rotatable bonds is 3. The van der Waals surface area contributed by atoms with Gasteiger partial charge in [0.05, 0.1) is 12.2 Å². The van der Waals surface area contributed by atoms with Gasteiger partial charge in [0.2, 0.25) is 0 Å². The molecule has 1 atom stereocenters. The minimum absolute atomic E-state index is 0.162. The van der Waals surface area contributed by atoms with Crippen molar-refractivity contribution < 1.29 is 9.47 Å². The molecule has 1 saturated heterocycles. The Morgan fingerprint density at radius 1 is 1.26 bits per heavy atom. The second kappa shape index (κ2) is 5.16. The van der Waals surface area contributed by atoms with Crippen molar-refractivity contribution in [1.29, 1.82) is 0 Å². The van der Waals surface area contributed by atoms with Crippen LogP contribution in [0.25, 0.3) is 0 Å². The summed E-state index contributed by atoms with van der Waals surface area (Å²) in [6.07, 6.45) is 6.18. The molecule has 1 saturated carbocycles. The van der Waals surface area contributed by atoms with E-state index in [1.807, 2.05) is 0 Å². The Hall–Kier alpha value is -1.02. The van der Waals surface area contributed by atoms with E-state index in [-0.39, 0.29) is 5.60 Å². The Morgan fingerprint density at radius 3 is 2.74 bits per heavy atom. The van der Waals surface area contributed by atoms with Crippen molar-refractivity contribution in [3.05, 3.63) is 29.8 Å². The number of hydrogen-bond acceptors (Lipinski definition) is 2. The fourth-order valence-corrected chi connectivity index (χ4v) is 3.25. The highest BCUT2D eigenvalue weighted by atomic mass is 16.5. The third-order valence-corrected chi connectivity index (χ3v) is 4.55. The molecule has 2 nitrogen and oxygen atoms in total. The van der Waals surface area contributed by atoms with Crippen LogP contribution in [-0.2, 0) is 4.74 Å². The van der Waals surface area contributed by atoms with Crippen LogP contribution in [-0.4, -0.2) is 18.3 Å². The average Bonchev–Trinajstić information content (AvgIpc) is 2.37. The van der Waals surface area contributed by atoms with Gasteiger partial charge >= 0.3 is 0 Å². The summed E-state index contributed by atoms with van der Waals surface area (Å²) in [4.78, 5) is 0. The van der Waals surface area contributed by atoms with E-state index < -0.39 is 0 Å². The third-order valence-electron chi connectivity index (χ3n) is 4.55. The summed E-state index contributed by atoms with van der Waals surface area (Å²) in [5.74, 6) is 1.58. The maximum absolute atomic E-state index is 6.30. The second-order valence-electron chi connectivity index (χ2n) is 6.31. The normalized spacial score (nSPS) is 25.3. The Bertz CT molecular complexity index is 435. The van der Waals surface area contributed by atoms with Crippen LogP contribution in [0.3, 0.4) is 0 Å². The van der Waals surface area contributed by atoms with Crippen molar-refractivity contribution in [1.82, 2.24) is 0 Å². The molecule has 0 bridgehead atoms. The van der Waals surface area contributed by atoms with Crippen LogP contribution in [0.2, 0.25) is 0 Å². The van der Waals surface area contributed by atoms with Crippen LogP contribution < -0.4 is 4.74 Å². The summed E-state index contributed by atoms with van der Waals surface area (Å²) in [6, 6.07) is 8.45. The highest BCUT2D eigenvalue weighted by molar-refractivity contribution is 5.35. The lowest BCUT2D eigenvalue weighted by atomic mass is 9.74. The lowest BCUT2D eigenvalue weighted by Gasteiger charge is -2.47. The van der Waals surface area contributed by atoms with Gasteiger partial charge in [0, 0.05) is 12.8 Å². The van der Waals surface area contributed by atoms with Crippen LogP contribution in [0, 0.1) is 0 Å². The van der Waals surface area contributed by atoms with Crippen molar-refractivity contribution in [3.63, 3.8) is 0 Å². The Labute approximate surface area is 116 Å². The minimum atomic E-state index is 0.162. The summed E-state index contributed by atoms with van der Waals surface area (Å²) in [7, 11) is 0. The van der Waals surface area contributed by atoms with Gasteiger partial charge in [-0.2, -0.15) is 0 Å². The van der Waals surface area contributed by atoms with E-state index in [1.165, 1.54) is 24.8 Å². The first kappa shape index (κ1) is 13.0. The number of benzene rings is 1. The van der Waals surface area contributed by atoms with E-state index in [1.54, 1.807) is 0 Å². The van der Waals surface area contributed by atoms with Gasteiger partial charge in [0.25, 0.3) is 0 Å². The quantitative estimate of drug-likeness (QED) is 0.807. The van der Waals surface area contributed by atoms with E-state index in [9.17, 15) is 0 Å². The molecule has 1 heterocycles. The van der Waals surface area contributed by atoms with Gasteiger partial charge in [-0.15, -0.1) is 0 Å². The fraction of sp³-hybridized carbons (Fsp3) is 0.647. The molecule has 0 amide bonds. The molecule has 104 valence electrons. The molecular formula is C17H24O2. The van der Waals surface area contributed by atoms with Crippen LogP contribution in [0.1, 0.15) is 57.4 Å².